The average Bonchev–Trinajstić information content (AvgIpc) is 2.61. The van der Waals surface area contributed by atoms with E-state index in [0.717, 1.165) is 36.9 Å². The van der Waals surface area contributed by atoms with Crippen LogP contribution in [-0.4, -0.2) is 32.1 Å². The van der Waals surface area contributed by atoms with Gasteiger partial charge in [-0.1, -0.05) is 0 Å². The zero-order chi connectivity index (χ0) is 17.8. The molecular formula is C19H24N2O4. The lowest BCUT2D eigenvalue weighted by molar-refractivity contribution is -0.121. The van der Waals surface area contributed by atoms with E-state index in [4.69, 9.17) is 9.15 Å². The van der Waals surface area contributed by atoms with Crippen LogP contribution in [0.4, 0.5) is 0 Å². The fraction of sp³-hybridized carbons (Fsp3) is 0.474. The average molecular weight is 344 g/mol. The van der Waals surface area contributed by atoms with Crippen molar-refractivity contribution in [1.29, 1.82) is 0 Å². The number of hydrogen-bond acceptors (Lipinski definition) is 5. The second-order valence-electron chi connectivity index (χ2n) is 6.47. The molecule has 2 aromatic rings. The number of benzene rings is 1. The van der Waals surface area contributed by atoms with Crippen LogP contribution in [0.25, 0.3) is 11.0 Å². The van der Waals surface area contributed by atoms with Crippen molar-refractivity contribution in [2.75, 3.05) is 20.2 Å². The molecule has 1 aliphatic heterocycles. The van der Waals surface area contributed by atoms with Gasteiger partial charge in [-0.15, -0.1) is 0 Å². The topological polar surface area (TPSA) is 80.6 Å². The van der Waals surface area contributed by atoms with Crippen molar-refractivity contribution in [2.45, 2.75) is 38.6 Å². The maximum atomic E-state index is 12.3. The third-order valence-electron chi connectivity index (χ3n) is 4.76. The van der Waals surface area contributed by atoms with Crippen molar-refractivity contribution in [3.05, 3.63) is 39.7 Å². The van der Waals surface area contributed by atoms with Crippen LogP contribution in [0.2, 0.25) is 0 Å². The van der Waals surface area contributed by atoms with Crippen LogP contribution in [-0.2, 0) is 11.2 Å². The van der Waals surface area contributed by atoms with Crippen LogP contribution in [0.15, 0.2) is 27.4 Å². The van der Waals surface area contributed by atoms with Crippen LogP contribution < -0.4 is 21.0 Å². The van der Waals surface area contributed by atoms with Gasteiger partial charge in [0.05, 0.1) is 7.11 Å². The standard InChI is InChI=1S/C19H24N2O4/c1-12-15-6-5-14(24-2)10-17(15)25-19(23)16(12)7-8-18(22)21-13-4-3-9-20-11-13/h5-6,10,13,20H,3-4,7-9,11H2,1-2H3,(H,21,22). The van der Waals surface area contributed by atoms with Crippen LogP contribution >= 0.6 is 0 Å². The first-order valence-electron chi connectivity index (χ1n) is 8.69. The van der Waals surface area contributed by atoms with E-state index < -0.39 is 0 Å². The Morgan fingerprint density at radius 2 is 2.28 bits per heavy atom. The number of piperidine rings is 1. The van der Waals surface area contributed by atoms with E-state index in [1.165, 1.54) is 0 Å². The first-order valence-corrected chi connectivity index (χ1v) is 8.69. The highest BCUT2D eigenvalue weighted by atomic mass is 16.5. The summed E-state index contributed by atoms with van der Waals surface area (Å²) >= 11 is 0. The molecule has 1 fully saturated rings. The molecule has 1 aliphatic rings. The van der Waals surface area contributed by atoms with Crippen LogP contribution in [0, 0.1) is 6.92 Å². The monoisotopic (exact) mass is 344 g/mol. The molecule has 1 atom stereocenters. The Morgan fingerprint density at radius 3 is 3.00 bits per heavy atom. The van der Waals surface area contributed by atoms with Gasteiger partial charge in [0.2, 0.25) is 5.91 Å². The van der Waals surface area contributed by atoms with Crippen LogP contribution in [0.5, 0.6) is 5.75 Å². The van der Waals surface area contributed by atoms with Gasteiger partial charge in [-0.25, -0.2) is 4.79 Å². The predicted molar refractivity (Wildman–Crippen MR) is 96.1 cm³/mol. The molecule has 0 radical (unpaired) electrons. The molecular weight excluding hydrogens is 320 g/mol. The van der Waals surface area contributed by atoms with Crippen molar-refractivity contribution in [2.24, 2.45) is 0 Å². The van der Waals surface area contributed by atoms with E-state index in [1.807, 2.05) is 19.1 Å². The second-order valence-corrected chi connectivity index (χ2v) is 6.47. The van der Waals surface area contributed by atoms with E-state index >= 15 is 0 Å². The quantitative estimate of drug-likeness (QED) is 0.810. The largest absolute Gasteiger partial charge is 0.497 e. The molecule has 134 valence electrons. The number of fused-ring (bicyclic) bond motifs is 1. The molecule has 1 saturated heterocycles. The molecule has 0 aliphatic carbocycles. The molecule has 25 heavy (non-hydrogen) atoms. The zero-order valence-electron chi connectivity index (χ0n) is 14.7. The molecule has 3 rings (SSSR count). The Balaban J connectivity index is 1.72. The van der Waals surface area contributed by atoms with Gasteiger partial charge in [0.25, 0.3) is 0 Å². The summed E-state index contributed by atoms with van der Waals surface area (Å²) in [5, 5.41) is 7.17. The van der Waals surface area contributed by atoms with Crippen molar-refractivity contribution in [3.63, 3.8) is 0 Å². The van der Waals surface area contributed by atoms with Gasteiger partial charge in [-0.2, -0.15) is 0 Å². The number of methoxy groups -OCH3 is 1. The second kappa shape index (κ2) is 7.70. The minimum atomic E-state index is -0.384. The van der Waals surface area contributed by atoms with Gasteiger partial charge in [0, 0.05) is 36.0 Å². The molecule has 1 amide bonds. The smallest absolute Gasteiger partial charge is 0.339 e. The molecule has 2 heterocycles. The lowest BCUT2D eigenvalue weighted by Gasteiger charge is -2.23. The van der Waals surface area contributed by atoms with Crippen molar-refractivity contribution >= 4 is 16.9 Å². The summed E-state index contributed by atoms with van der Waals surface area (Å²) < 4.78 is 10.6. The zero-order valence-corrected chi connectivity index (χ0v) is 14.7. The highest BCUT2D eigenvalue weighted by molar-refractivity contribution is 5.82. The Kier molecular flexibility index (Phi) is 5.38. The first-order chi connectivity index (χ1) is 12.1. The highest BCUT2D eigenvalue weighted by Gasteiger charge is 2.17. The van der Waals surface area contributed by atoms with E-state index in [1.54, 1.807) is 13.2 Å². The fourth-order valence-electron chi connectivity index (χ4n) is 3.30. The Morgan fingerprint density at radius 1 is 1.44 bits per heavy atom. The molecule has 0 spiro atoms. The normalized spacial score (nSPS) is 17.4. The number of carbonyl (C=O) groups is 1. The lowest BCUT2D eigenvalue weighted by atomic mass is 10.0. The maximum Gasteiger partial charge on any atom is 0.339 e. The van der Waals surface area contributed by atoms with Gasteiger partial charge in [0.15, 0.2) is 0 Å². The Bertz CT molecular complexity index is 822. The molecule has 2 N–H and O–H groups in total. The minimum Gasteiger partial charge on any atom is -0.497 e. The molecule has 0 saturated carbocycles. The maximum absolute atomic E-state index is 12.3. The van der Waals surface area contributed by atoms with Gasteiger partial charge >= 0.3 is 5.63 Å². The van der Waals surface area contributed by atoms with E-state index in [9.17, 15) is 9.59 Å². The first kappa shape index (κ1) is 17.5. The Labute approximate surface area is 146 Å². The molecule has 1 unspecified atom stereocenters. The van der Waals surface area contributed by atoms with E-state index in [0.29, 0.717) is 23.3 Å². The minimum absolute atomic E-state index is 0.0256. The number of carbonyl (C=O) groups excluding carboxylic acids is 1. The molecule has 0 bridgehead atoms. The molecule has 6 heteroatoms. The lowest BCUT2D eigenvalue weighted by Crippen LogP contribution is -2.45. The van der Waals surface area contributed by atoms with Crippen LogP contribution in [0.1, 0.15) is 30.4 Å². The number of aryl methyl sites for hydroxylation is 1. The van der Waals surface area contributed by atoms with Gasteiger partial charge < -0.3 is 19.8 Å². The third kappa shape index (κ3) is 4.02. The highest BCUT2D eigenvalue weighted by Crippen LogP contribution is 2.24. The summed E-state index contributed by atoms with van der Waals surface area (Å²) in [4.78, 5) is 24.5. The van der Waals surface area contributed by atoms with Gasteiger partial charge in [-0.3, -0.25) is 4.79 Å². The summed E-state index contributed by atoms with van der Waals surface area (Å²) in [6.07, 6.45) is 2.73. The summed E-state index contributed by atoms with van der Waals surface area (Å²) in [7, 11) is 1.57. The van der Waals surface area contributed by atoms with Crippen molar-refractivity contribution < 1.29 is 13.9 Å². The molecule has 1 aromatic carbocycles. The van der Waals surface area contributed by atoms with Gasteiger partial charge in [0.1, 0.15) is 11.3 Å². The van der Waals surface area contributed by atoms with E-state index in [-0.39, 0.29) is 24.0 Å². The predicted octanol–water partition coefficient (Wildman–Crippen LogP) is 1.91. The Hall–Kier alpha value is -2.34. The number of amides is 1. The molecule has 1 aromatic heterocycles. The number of rotatable bonds is 5. The molecule has 6 nitrogen and oxygen atoms in total. The van der Waals surface area contributed by atoms with Crippen molar-refractivity contribution in [3.8, 4) is 5.75 Å². The van der Waals surface area contributed by atoms with Crippen LogP contribution in [0.3, 0.4) is 0 Å². The fourth-order valence-corrected chi connectivity index (χ4v) is 3.30. The number of hydrogen-bond donors (Lipinski definition) is 2. The van der Waals surface area contributed by atoms with Crippen molar-refractivity contribution in [1.82, 2.24) is 10.6 Å². The number of nitrogens with one attached hydrogen (secondary N) is 2. The van der Waals surface area contributed by atoms with E-state index in [2.05, 4.69) is 10.6 Å². The van der Waals surface area contributed by atoms with Gasteiger partial charge in [-0.05, 0) is 50.4 Å². The summed E-state index contributed by atoms with van der Waals surface area (Å²) in [5.74, 6) is 0.616. The summed E-state index contributed by atoms with van der Waals surface area (Å²) in [6, 6.07) is 5.60. The SMILES string of the molecule is COc1ccc2c(C)c(CCC(=O)NC3CCCNC3)c(=O)oc2c1. The number of ether oxygens (including phenoxy) is 1. The summed E-state index contributed by atoms with van der Waals surface area (Å²) in [6.45, 7) is 3.71. The summed E-state index contributed by atoms with van der Waals surface area (Å²) in [5.41, 5.74) is 1.55. The third-order valence-corrected chi connectivity index (χ3v) is 4.76.